The summed E-state index contributed by atoms with van der Waals surface area (Å²) in [7, 11) is 0. The van der Waals surface area contributed by atoms with Crippen LogP contribution in [-0.4, -0.2) is 0 Å². The number of fused-ring (bicyclic) bond motifs is 4. The third-order valence-electron chi connectivity index (χ3n) is 5.52. The van der Waals surface area contributed by atoms with Crippen LogP contribution in [0.15, 0.2) is 84.9 Å². The van der Waals surface area contributed by atoms with Crippen LogP contribution in [0.1, 0.15) is 19.4 Å². The summed E-state index contributed by atoms with van der Waals surface area (Å²) >= 11 is 0. The maximum Gasteiger partial charge on any atom is -0.0102 e. The number of hydrogen-bond acceptors (Lipinski definition) is 0. The van der Waals surface area contributed by atoms with Crippen molar-refractivity contribution >= 4 is 48.7 Å². The zero-order chi connectivity index (χ0) is 17.7. The molecule has 26 heavy (non-hydrogen) atoms. The lowest BCUT2D eigenvalue weighted by molar-refractivity contribution is 1.59. The molecule has 124 valence electrons. The molecule has 0 aliphatic heterocycles. The van der Waals surface area contributed by atoms with Gasteiger partial charge in [0.15, 0.2) is 0 Å². The van der Waals surface area contributed by atoms with E-state index in [0.717, 1.165) is 0 Å². The first-order chi connectivity index (χ1) is 12.7. The van der Waals surface area contributed by atoms with Gasteiger partial charge in [-0.1, -0.05) is 48.5 Å². The van der Waals surface area contributed by atoms with Gasteiger partial charge in [0.05, 0.1) is 0 Å². The summed E-state index contributed by atoms with van der Waals surface area (Å²) in [6, 6.07) is 29.1. The molecule has 5 rings (SSSR count). The van der Waals surface area contributed by atoms with E-state index in [9.17, 15) is 0 Å². The van der Waals surface area contributed by atoms with E-state index < -0.39 is 0 Å². The van der Waals surface area contributed by atoms with E-state index >= 15 is 0 Å². The molecule has 0 saturated carbocycles. The second kappa shape index (κ2) is 5.71. The largest absolute Gasteiger partial charge is 0.0841 e. The zero-order valence-electron chi connectivity index (χ0n) is 15.1. The number of rotatable bonds is 1. The summed E-state index contributed by atoms with van der Waals surface area (Å²) < 4.78 is 0. The smallest absolute Gasteiger partial charge is 0.0102 e. The Hall–Kier alpha value is -3.12. The van der Waals surface area contributed by atoms with E-state index in [-0.39, 0.29) is 0 Å². The van der Waals surface area contributed by atoms with Gasteiger partial charge in [0, 0.05) is 0 Å². The molecular formula is C26H20. The Balaban J connectivity index is 1.87. The van der Waals surface area contributed by atoms with Crippen molar-refractivity contribution in [2.24, 2.45) is 0 Å². The van der Waals surface area contributed by atoms with E-state index in [2.05, 4.69) is 98.8 Å². The van der Waals surface area contributed by atoms with E-state index in [1.165, 1.54) is 54.2 Å². The van der Waals surface area contributed by atoms with Crippen molar-refractivity contribution in [2.45, 2.75) is 13.8 Å². The Labute approximate surface area is 153 Å². The highest BCUT2D eigenvalue weighted by Gasteiger charge is 2.06. The molecule has 0 atom stereocenters. The van der Waals surface area contributed by atoms with Crippen LogP contribution in [0.25, 0.3) is 48.7 Å². The first-order valence-electron chi connectivity index (χ1n) is 9.15. The van der Waals surface area contributed by atoms with Crippen LogP contribution < -0.4 is 0 Å². The maximum absolute atomic E-state index is 2.35. The molecule has 0 saturated heterocycles. The minimum absolute atomic E-state index is 1.30. The van der Waals surface area contributed by atoms with Crippen molar-refractivity contribution < 1.29 is 0 Å². The molecule has 0 aromatic heterocycles. The predicted octanol–water partition coefficient (Wildman–Crippen LogP) is 7.72. The van der Waals surface area contributed by atoms with Crippen LogP contribution in [0.2, 0.25) is 0 Å². The third kappa shape index (κ3) is 2.30. The molecule has 0 radical (unpaired) electrons. The standard InChI is InChI=1S/C26H20/c1-3-17(2)25-10-6-9-20-13-23-14-21-11-18-7-4-5-8-19(18)12-22(21)15-24(23)16-26(20)25/h3-16H,1-2H3. The minimum atomic E-state index is 1.30. The van der Waals surface area contributed by atoms with E-state index in [1.54, 1.807) is 0 Å². The maximum atomic E-state index is 2.35. The summed E-state index contributed by atoms with van der Waals surface area (Å²) in [5.41, 5.74) is 2.65. The van der Waals surface area contributed by atoms with Crippen molar-refractivity contribution in [3.8, 4) is 0 Å². The average molecular weight is 332 g/mol. The van der Waals surface area contributed by atoms with Gasteiger partial charge in [-0.05, 0) is 104 Å². The molecule has 0 spiro atoms. The lowest BCUT2D eigenvalue weighted by Crippen LogP contribution is -1.85. The molecular weight excluding hydrogens is 312 g/mol. The van der Waals surface area contributed by atoms with Gasteiger partial charge in [-0.15, -0.1) is 0 Å². The predicted molar refractivity (Wildman–Crippen MR) is 116 cm³/mol. The molecule has 0 N–H and O–H groups in total. The number of benzene rings is 5. The Morgan fingerprint density at radius 2 is 1.08 bits per heavy atom. The fourth-order valence-corrected chi connectivity index (χ4v) is 3.97. The minimum Gasteiger partial charge on any atom is -0.0841 e. The lowest BCUT2D eigenvalue weighted by atomic mass is 9.94. The van der Waals surface area contributed by atoms with Gasteiger partial charge in [0.1, 0.15) is 0 Å². The van der Waals surface area contributed by atoms with Crippen LogP contribution in [0.5, 0.6) is 0 Å². The zero-order valence-corrected chi connectivity index (χ0v) is 15.1. The molecule has 0 heteroatoms. The van der Waals surface area contributed by atoms with Gasteiger partial charge in [-0.25, -0.2) is 0 Å². The monoisotopic (exact) mass is 332 g/mol. The van der Waals surface area contributed by atoms with Gasteiger partial charge >= 0.3 is 0 Å². The first-order valence-corrected chi connectivity index (χ1v) is 9.15. The van der Waals surface area contributed by atoms with E-state index in [0.29, 0.717) is 0 Å². The molecule has 0 nitrogen and oxygen atoms in total. The molecule has 0 heterocycles. The Kier molecular flexibility index (Phi) is 3.33. The lowest BCUT2D eigenvalue weighted by Gasteiger charge is -2.10. The molecule has 0 unspecified atom stereocenters. The van der Waals surface area contributed by atoms with E-state index in [4.69, 9.17) is 0 Å². The molecule has 5 aromatic rings. The van der Waals surface area contributed by atoms with Gasteiger partial charge in [0.2, 0.25) is 0 Å². The summed E-state index contributed by atoms with van der Waals surface area (Å²) in [5.74, 6) is 0. The third-order valence-corrected chi connectivity index (χ3v) is 5.52. The molecule has 0 amide bonds. The highest BCUT2D eigenvalue weighted by molar-refractivity contribution is 6.09. The molecule has 0 bridgehead atoms. The fraction of sp³-hybridized carbons (Fsp3) is 0.0769. The van der Waals surface area contributed by atoms with Crippen LogP contribution >= 0.6 is 0 Å². The van der Waals surface area contributed by atoms with E-state index in [1.807, 2.05) is 0 Å². The van der Waals surface area contributed by atoms with Crippen molar-refractivity contribution in [1.82, 2.24) is 0 Å². The Morgan fingerprint density at radius 1 is 0.577 bits per heavy atom. The molecule has 0 aliphatic rings. The van der Waals surface area contributed by atoms with Crippen molar-refractivity contribution in [3.63, 3.8) is 0 Å². The van der Waals surface area contributed by atoms with Crippen LogP contribution in [-0.2, 0) is 0 Å². The highest BCUT2D eigenvalue weighted by atomic mass is 14.1. The van der Waals surface area contributed by atoms with Crippen molar-refractivity contribution in [1.29, 1.82) is 0 Å². The summed E-state index contributed by atoms with van der Waals surface area (Å²) in [6.07, 6.45) is 2.19. The molecule has 0 aliphatic carbocycles. The average Bonchev–Trinajstić information content (AvgIpc) is 2.68. The topological polar surface area (TPSA) is 0 Å². The van der Waals surface area contributed by atoms with Gasteiger partial charge < -0.3 is 0 Å². The van der Waals surface area contributed by atoms with Gasteiger partial charge in [0.25, 0.3) is 0 Å². The van der Waals surface area contributed by atoms with Crippen LogP contribution in [0.3, 0.4) is 0 Å². The van der Waals surface area contributed by atoms with Crippen molar-refractivity contribution in [3.05, 3.63) is 90.5 Å². The number of allylic oxidation sites excluding steroid dienone is 2. The van der Waals surface area contributed by atoms with Crippen LogP contribution in [0.4, 0.5) is 0 Å². The SMILES string of the molecule is CC=C(C)c1cccc2cc3cc4cc5ccccc5cc4cc3cc12. The quantitative estimate of drug-likeness (QED) is 0.276. The van der Waals surface area contributed by atoms with Gasteiger partial charge in [-0.2, -0.15) is 0 Å². The van der Waals surface area contributed by atoms with Crippen LogP contribution in [0, 0.1) is 0 Å². The normalized spacial score (nSPS) is 12.5. The molecule has 0 fully saturated rings. The summed E-state index contributed by atoms with van der Waals surface area (Å²) in [4.78, 5) is 0. The second-order valence-electron chi connectivity index (χ2n) is 7.10. The summed E-state index contributed by atoms with van der Waals surface area (Å²) in [5, 5.41) is 10.4. The first kappa shape index (κ1) is 15.2. The number of hydrogen-bond donors (Lipinski definition) is 0. The van der Waals surface area contributed by atoms with Crippen molar-refractivity contribution in [2.75, 3.05) is 0 Å². The summed E-state index contributed by atoms with van der Waals surface area (Å²) in [6.45, 7) is 4.29. The fourth-order valence-electron chi connectivity index (χ4n) is 3.97. The van der Waals surface area contributed by atoms with Gasteiger partial charge in [-0.3, -0.25) is 0 Å². The Bertz CT molecular complexity index is 1340. The Morgan fingerprint density at radius 3 is 1.69 bits per heavy atom. The molecule has 5 aromatic carbocycles. The highest BCUT2D eigenvalue weighted by Crippen LogP contribution is 2.32. The second-order valence-corrected chi connectivity index (χ2v) is 7.10.